The van der Waals surface area contributed by atoms with E-state index >= 15 is 0 Å². The first-order valence-electron chi connectivity index (χ1n) is 7.00. The number of amides is 1. The predicted molar refractivity (Wildman–Crippen MR) is 73.5 cm³/mol. The highest BCUT2D eigenvalue weighted by Crippen LogP contribution is 2.27. The summed E-state index contributed by atoms with van der Waals surface area (Å²) in [6.07, 6.45) is 4.26. The van der Waals surface area contributed by atoms with Gasteiger partial charge in [-0.05, 0) is 40.0 Å². The zero-order valence-corrected chi connectivity index (χ0v) is 12.1. The van der Waals surface area contributed by atoms with Gasteiger partial charge in [-0.1, -0.05) is 0 Å². The Labute approximate surface area is 117 Å². The fourth-order valence-electron chi connectivity index (χ4n) is 2.80. The first-order valence-corrected chi connectivity index (χ1v) is 7.00. The summed E-state index contributed by atoms with van der Waals surface area (Å²) in [6.45, 7) is 6.29. The van der Waals surface area contributed by atoms with Crippen molar-refractivity contribution in [2.75, 3.05) is 0 Å². The Morgan fingerprint density at radius 3 is 2.55 bits per heavy atom. The molecular formula is C13H20N4O3. The van der Waals surface area contributed by atoms with E-state index in [1.165, 1.54) is 10.9 Å². The summed E-state index contributed by atoms with van der Waals surface area (Å²) >= 11 is 0. The fraction of sp³-hybridized carbons (Fsp3) is 0.692. The lowest BCUT2D eigenvalue weighted by atomic mass is 9.97. The van der Waals surface area contributed by atoms with Crippen LogP contribution in [0.4, 0.5) is 5.69 Å². The topological polar surface area (TPSA) is 81.3 Å². The van der Waals surface area contributed by atoms with Crippen LogP contribution in [0.15, 0.2) is 6.20 Å². The molecule has 1 aromatic rings. The van der Waals surface area contributed by atoms with Crippen molar-refractivity contribution in [3.8, 4) is 0 Å². The number of nitro groups is 1. The van der Waals surface area contributed by atoms with Gasteiger partial charge >= 0.3 is 5.69 Å². The van der Waals surface area contributed by atoms with Crippen LogP contribution in [0.25, 0.3) is 0 Å². The molecular weight excluding hydrogens is 260 g/mol. The molecule has 2 rings (SSSR count). The highest BCUT2D eigenvalue weighted by atomic mass is 16.6. The van der Waals surface area contributed by atoms with Crippen LogP contribution in [0.2, 0.25) is 0 Å². The number of piperidine rings is 1. The standard InChI is InChI=1S/C13H20N4O3/c1-4-15-8-11(17(19)20)12(14-15)13(18)16-9(2)6-5-7-10(16)3/h8-10H,4-7H2,1-3H3. The first kappa shape index (κ1) is 14.5. The van der Waals surface area contributed by atoms with Gasteiger partial charge in [0.05, 0.1) is 4.92 Å². The van der Waals surface area contributed by atoms with E-state index in [0.29, 0.717) is 6.54 Å². The van der Waals surface area contributed by atoms with Crippen molar-refractivity contribution in [1.29, 1.82) is 0 Å². The molecule has 1 aliphatic heterocycles. The monoisotopic (exact) mass is 280 g/mol. The number of likely N-dealkylation sites (tertiary alicyclic amines) is 1. The molecule has 110 valence electrons. The second-order valence-corrected chi connectivity index (χ2v) is 5.32. The van der Waals surface area contributed by atoms with Gasteiger partial charge in [-0.15, -0.1) is 0 Å². The van der Waals surface area contributed by atoms with Crippen molar-refractivity contribution >= 4 is 11.6 Å². The largest absolute Gasteiger partial charge is 0.332 e. The zero-order valence-electron chi connectivity index (χ0n) is 12.1. The van der Waals surface area contributed by atoms with Gasteiger partial charge in [-0.25, -0.2) is 0 Å². The molecule has 1 aromatic heterocycles. The van der Waals surface area contributed by atoms with E-state index < -0.39 is 4.92 Å². The van der Waals surface area contributed by atoms with Crippen LogP contribution in [-0.2, 0) is 6.54 Å². The number of carbonyl (C=O) groups excluding carboxylic acids is 1. The molecule has 1 saturated heterocycles. The van der Waals surface area contributed by atoms with Crippen LogP contribution in [0.1, 0.15) is 50.5 Å². The van der Waals surface area contributed by atoms with Gasteiger partial charge in [0.1, 0.15) is 6.20 Å². The molecule has 1 fully saturated rings. The van der Waals surface area contributed by atoms with Crippen molar-refractivity contribution in [2.24, 2.45) is 0 Å². The minimum absolute atomic E-state index is 0.0440. The van der Waals surface area contributed by atoms with Gasteiger partial charge < -0.3 is 4.90 Å². The lowest BCUT2D eigenvalue weighted by Gasteiger charge is -2.38. The summed E-state index contributed by atoms with van der Waals surface area (Å²) in [7, 11) is 0. The maximum Gasteiger partial charge on any atom is 0.320 e. The van der Waals surface area contributed by atoms with E-state index in [0.717, 1.165) is 19.3 Å². The number of hydrogen-bond acceptors (Lipinski definition) is 4. The molecule has 7 heteroatoms. The molecule has 0 N–H and O–H groups in total. The highest BCUT2D eigenvalue weighted by molar-refractivity contribution is 5.96. The minimum atomic E-state index is -0.536. The summed E-state index contributed by atoms with van der Waals surface area (Å²) in [5.74, 6) is -0.330. The van der Waals surface area contributed by atoms with Crippen LogP contribution in [0.3, 0.4) is 0 Å². The number of aryl methyl sites for hydroxylation is 1. The Kier molecular flexibility index (Phi) is 4.06. The predicted octanol–water partition coefficient (Wildman–Crippen LogP) is 2.21. The van der Waals surface area contributed by atoms with Crippen LogP contribution in [0.5, 0.6) is 0 Å². The summed E-state index contributed by atoms with van der Waals surface area (Å²) in [5.41, 5.74) is -0.251. The van der Waals surface area contributed by atoms with E-state index in [1.54, 1.807) is 4.90 Å². The van der Waals surface area contributed by atoms with Crippen molar-refractivity contribution in [3.05, 3.63) is 22.0 Å². The van der Waals surface area contributed by atoms with Crippen molar-refractivity contribution in [3.63, 3.8) is 0 Å². The molecule has 0 spiro atoms. The molecule has 2 atom stereocenters. The third-order valence-electron chi connectivity index (χ3n) is 3.89. The zero-order chi connectivity index (χ0) is 14.9. The Balaban J connectivity index is 2.37. The SMILES string of the molecule is CCn1cc([N+](=O)[O-])c(C(=O)N2C(C)CCCC2C)n1. The van der Waals surface area contributed by atoms with E-state index in [-0.39, 0.29) is 29.4 Å². The lowest BCUT2D eigenvalue weighted by Crippen LogP contribution is -2.47. The van der Waals surface area contributed by atoms with E-state index in [2.05, 4.69) is 5.10 Å². The molecule has 1 amide bonds. The molecule has 20 heavy (non-hydrogen) atoms. The summed E-state index contributed by atoms with van der Waals surface area (Å²) in [5, 5.41) is 15.2. The average molecular weight is 280 g/mol. The maximum absolute atomic E-state index is 12.6. The van der Waals surface area contributed by atoms with Crippen molar-refractivity contribution in [2.45, 2.75) is 58.7 Å². The highest BCUT2D eigenvalue weighted by Gasteiger charge is 2.35. The van der Waals surface area contributed by atoms with Crippen molar-refractivity contribution in [1.82, 2.24) is 14.7 Å². The molecule has 0 bridgehead atoms. The molecule has 7 nitrogen and oxygen atoms in total. The van der Waals surface area contributed by atoms with E-state index in [1.807, 2.05) is 20.8 Å². The van der Waals surface area contributed by atoms with Gasteiger partial charge in [0.15, 0.2) is 0 Å². The molecule has 0 saturated carbocycles. The number of nitrogens with zero attached hydrogens (tertiary/aromatic N) is 4. The Bertz CT molecular complexity index is 516. The van der Waals surface area contributed by atoms with Crippen molar-refractivity contribution < 1.29 is 9.72 Å². The van der Waals surface area contributed by atoms with Crippen LogP contribution >= 0.6 is 0 Å². The Hall–Kier alpha value is -1.92. The summed E-state index contributed by atoms with van der Waals surface area (Å²) in [4.78, 5) is 24.9. The van der Waals surface area contributed by atoms with E-state index in [4.69, 9.17) is 0 Å². The average Bonchev–Trinajstić information content (AvgIpc) is 2.82. The molecule has 0 radical (unpaired) electrons. The molecule has 2 heterocycles. The fourth-order valence-corrected chi connectivity index (χ4v) is 2.80. The minimum Gasteiger partial charge on any atom is -0.332 e. The van der Waals surface area contributed by atoms with Gasteiger partial charge in [-0.3, -0.25) is 19.6 Å². The lowest BCUT2D eigenvalue weighted by molar-refractivity contribution is -0.385. The van der Waals surface area contributed by atoms with Crippen LogP contribution in [0, 0.1) is 10.1 Å². The van der Waals surface area contributed by atoms with Gasteiger partial charge in [0.25, 0.3) is 5.91 Å². The number of rotatable bonds is 3. The Morgan fingerprint density at radius 2 is 2.05 bits per heavy atom. The van der Waals surface area contributed by atoms with E-state index in [9.17, 15) is 14.9 Å². The molecule has 0 aliphatic carbocycles. The van der Waals surface area contributed by atoms with Gasteiger partial charge in [0, 0.05) is 18.6 Å². The molecule has 1 aliphatic rings. The number of aromatic nitrogens is 2. The van der Waals surface area contributed by atoms with Gasteiger partial charge in [-0.2, -0.15) is 5.10 Å². The molecule has 2 unspecified atom stereocenters. The van der Waals surface area contributed by atoms with Gasteiger partial charge in [0.2, 0.25) is 5.69 Å². The Morgan fingerprint density at radius 1 is 1.45 bits per heavy atom. The normalized spacial score (nSPS) is 22.9. The van der Waals surface area contributed by atoms with Crippen LogP contribution < -0.4 is 0 Å². The summed E-state index contributed by atoms with van der Waals surface area (Å²) in [6, 6.07) is 0.190. The first-order chi connectivity index (χ1) is 9.45. The van der Waals surface area contributed by atoms with Crippen LogP contribution in [-0.4, -0.2) is 37.6 Å². The smallest absolute Gasteiger partial charge is 0.320 e. The summed E-state index contributed by atoms with van der Waals surface area (Å²) < 4.78 is 1.44. The second kappa shape index (κ2) is 5.60. The maximum atomic E-state index is 12.6. The number of hydrogen-bond donors (Lipinski definition) is 0. The molecule has 0 aromatic carbocycles. The third kappa shape index (κ3) is 2.52. The number of carbonyl (C=O) groups is 1. The quantitative estimate of drug-likeness (QED) is 0.628. The third-order valence-corrected chi connectivity index (χ3v) is 3.89. The second-order valence-electron chi connectivity index (χ2n) is 5.32.